The molecule has 15 heavy (non-hydrogen) atoms. The number of aliphatic hydroxyl groups excluding tert-OH is 1. The first kappa shape index (κ1) is 12.5. The maximum absolute atomic E-state index is 9.52. The second-order valence-electron chi connectivity index (χ2n) is 3.95. The number of benzene rings is 1. The van der Waals surface area contributed by atoms with Gasteiger partial charge in [-0.2, -0.15) is 0 Å². The summed E-state index contributed by atoms with van der Waals surface area (Å²) in [5, 5.41) is 9.52. The Morgan fingerprint density at radius 2 is 1.87 bits per heavy atom. The Hall–Kier alpha value is -0.540. The number of hydrogen-bond acceptors (Lipinski definition) is 2. The summed E-state index contributed by atoms with van der Waals surface area (Å²) in [6.45, 7) is 5.98. The van der Waals surface area contributed by atoms with E-state index in [1.807, 2.05) is 12.1 Å². The predicted octanol–water partition coefficient (Wildman–Crippen LogP) is 3.63. The van der Waals surface area contributed by atoms with E-state index in [0.29, 0.717) is 5.92 Å². The first-order chi connectivity index (χ1) is 6.97. The number of ether oxygens (including phenoxy) is 1. The van der Waals surface area contributed by atoms with Crippen LogP contribution in [-0.4, -0.2) is 12.2 Å². The standard InChI is InChI=1S/C12H17BrO2/c1-7(2)12-10(13)5-9(8(3)14)6-11(12)15-4/h5-8,14H,1-4H3. The van der Waals surface area contributed by atoms with Crippen molar-refractivity contribution < 1.29 is 9.84 Å². The predicted molar refractivity (Wildman–Crippen MR) is 65.4 cm³/mol. The smallest absolute Gasteiger partial charge is 0.123 e. The molecule has 0 aliphatic heterocycles. The van der Waals surface area contributed by atoms with Gasteiger partial charge in [0.15, 0.2) is 0 Å². The third-order valence-electron chi connectivity index (χ3n) is 2.39. The average Bonchev–Trinajstić information content (AvgIpc) is 2.15. The van der Waals surface area contributed by atoms with Crippen LogP contribution < -0.4 is 4.74 Å². The summed E-state index contributed by atoms with van der Waals surface area (Å²) in [4.78, 5) is 0. The van der Waals surface area contributed by atoms with E-state index in [4.69, 9.17) is 4.74 Å². The van der Waals surface area contributed by atoms with Crippen LogP contribution in [0, 0.1) is 0 Å². The zero-order valence-electron chi connectivity index (χ0n) is 9.54. The molecular formula is C12H17BrO2. The summed E-state index contributed by atoms with van der Waals surface area (Å²) in [6, 6.07) is 3.84. The van der Waals surface area contributed by atoms with Crippen LogP contribution in [0.3, 0.4) is 0 Å². The van der Waals surface area contributed by atoms with Crippen molar-refractivity contribution in [3.8, 4) is 5.75 Å². The molecule has 0 spiro atoms. The monoisotopic (exact) mass is 272 g/mol. The minimum Gasteiger partial charge on any atom is -0.496 e. The van der Waals surface area contributed by atoms with Crippen LogP contribution in [0.2, 0.25) is 0 Å². The molecule has 0 saturated carbocycles. The molecule has 0 aromatic heterocycles. The van der Waals surface area contributed by atoms with E-state index < -0.39 is 6.10 Å². The largest absolute Gasteiger partial charge is 0.496 e. The summed E-state index contributed by atoms with van der Waals surface area (Å²) in [7, 11) is 1.65. The van der Waals surface area contributed by atoms with Crippen molar-refractivity contribution in [3.05, 3.63) is 27.7 Å². The summed E-state index contributed by atoms with van der Waals surface area (Å²) in [5.41, 5.74) is 2.00. The molecule has 0 heterocycles. The highest BCUT2D eigenvalue weighted by Crippen LogP contribution is 2.36. The van der Waals surface area contributed by atoms with Crippen molar-refractivity contribution in [1.82, 2.24) is 0 Å². The SMILES string of the molecule is COc1cc(C(C)O)cc(Br)c1C(C)C. The van der Waals surface area contributed by atoms with Crippen molar-refractivity contribution in [2.24, 2.45) is 0 Å². The van der Waals surface area contributed by atoms with Crippen molar-refractivity contribution in [3.63, 3.8) is 0 Å². The number of methoxy groups -OCH3 is 1. The van der Waals surface area contributed by atoms with Crippen LogP contribution in [0.25, 0.3) is 0 Å². The molecule has 1 N–H and O–H groups in total. The topological polar surface area (TPSA) is 29.5 Å². The van der Waals surface area contributed by atoms with Gasteiger partial charge in [-0.25, -0.2) is 0 Å². The van der Waals surface area contributed by atoms with Crippen LogP contribution in [0.15, 0.2) is 16.6 Å². The van der Waals surface area contributed by atoms with Crippen LogP contribution >= 0.6 is 15.9 Å². The zero-order valence-corrected chi connectivity index (χ0v) is 11.1. The zero-order chi connectivity index (χ0) is 11.6. The van der Waals surface area contributed by atoms with Crippen LogP contribution in [0.4, 0.5) is 0 Å². The van der Waals surface area contributed by atoms with E-state index in [0.717, 1.165) is 21.3 Å². The molecule has 0 aliphatic rings. The van der Waals surface area contributed by atoms with Crippen LogP contribution in [-0.2, 0) is 0 Å². The number of rotatable bonds is 3. The maximum atomic E-state index is 9.52. The second kappa shape index (κ2) is 4.99. The lowest BCUT2D eigenvalue weighted by atomic mass is 9.99. The van der Waals surface area contributed by atoms with E-state index >= 15 is 0 Å². The molecule has 3 heteroatoms. The van der Waals surface area contributed by atoms with Crippen molar-refractivity contribution in [1.29, 1.82) is 0 Å². The van der Waals surface area contributed by atoms with Gasteiger partial charge in [0, 0.05) is 10.0 Å². The van der Waals surface area contributed by atoms with Gasteiger partial charge in [-0.15, -0.1) is 0 Å². The van der Waals surface area contributed by atoms with Gasteiger partial charge in [0.05, 0.1) is 13.2 Å². The summed E-state index contributed by atoms with van der Waals surface area (Å²) >= 11 is 3.52. The highest BCUT2D eigenvalue weighted by Gasteiger charge is 2.14. The fraction of sp³-hybridized carbons (Fsp3) is 0.500. The van der Waals surface area contributed by atoms with Crippen molar-refractivity contribution in [2.75, 3.05) is 7.11 Å². The lowest BCUT2D eigenvalue weighted by Crippen LogP contribution is -1.99. The average molecular weight is 273 g/mol. The number of halogens is 1. The molecule has 1 unspecified atom stereocenters. The normalized spacial score (nSPS) is 13.0. The Morgan fingerprint density at radius 1 is 1.27 bits per heavy atom. The summed E-state index contributed by atoms with van der Waals surface area (Å²) in [6.07, 6.45) is -0.476. The molecule has 0 radical (unpaired) electrons. The van der Waals surface area contributed by atoms with E-state index in [1.165, 1.54) is 0 Å². The molecule has 0 saturated heterocycles. The molecule has 1 atom stereocenters. The Morgan fingerprint density at radius 3 is 2.27 bits per heavy atom. The Labute approximate surface area is 99.4 Å². The Kier molecular flexibility index (Phi) is 4.17. The second-order valence-corrected chi connectivity index (χ2v) is 4.80. The quantitative estimate of drug-likeness (QED) is 0.911. The Balaban J connectivity index is 3.31. The molecule has 84 valence electrons. The molecule has 0 amide bonds. The van der Waals surface area contributed by atoms with Crippen LogP contribution in [0.5, 0.6) is 5.75 Å². The first-order valence-corrected chi connectivity index (χ1v) is 5.82. The van der Waals surface area contributed by atoms with Gasteiger partial charge in [0.2, 0.25) is 0 Å². The third kappa shape index (κ3) is 2.73. The minimum atomic E-state index is -0.476. The van der Waals surface area contributed by atoms with Gasteiger partial charge < -0.3 is 9.84 Å². The highest BCUT2D eigenvalue weighted by atomic mass is 79.9. The first-order valence-electron chi connectivity index (χ1n) is 5.02. The van der Waals surface area contributed by atoms with Crippen molar-refractivity contribution in [2.45, 2.75) is 32.8 Å². The van der Waals surface area contributed by atoms with E-state index in [-0.39, 0.29) is 0 Å². The molecular weight excluding hydrogens is 256 g/mol. The number of hydrogen-bond donors (Lipinski definition) is 1. The maximum Gasteiger partial charge on any atom is 0.123 e. The molecule has 1 aromatic carbocycles. The van der Waals surface area contributed by atoms with Gasteiger partial charge in [-0.05, 0) is 30.5 Å². The molecule has 0 bridgehead atoms. The Bertz CT molecular complexity index is 346. The van der Waals surface area contributed by atoms with E-state index in [2.05, 4.69) is 29.8 Å². The van der Waals surface area contributed by atoms with E-state index in [1.54, 1.807) is 14.0 Å². The van der Waals surface area contributed by atoms with E-state index in [9.17, 15) is 5.11 Å². The van der Waals surface area contributed by atoms with Crippen LogP contribution in [0.1, 0.15) is 43.9 Å². The minimum absolute atomic E-state index is 0.386. The van der Waals surface area contributed by atoms with Gasteiger partial charge in [-0.1, -0.05) is 29.8 Å². The molecule has 0 fully saturated rings. The summed E-state index contributed by atoms with van der Waals surface area (Å²) < 4.78 is 6.33. The highest BCUT2D eigenvalue weighted by molar-refractivity contribution is 9.10. The lowest BCUT2D eigenvalue weighted by Gasteiger charge is -2.16. The molecule has 1 rings (SSSR count). The van der Waals surface area contributed by atoms with Gasteiger partial charge in [-0.3, -0.25) is 0 Å². The van der Waals surface area contributed by atoms with Gasteiger partial charge in [0.1, 0.15) is 5.75 Å². The van der Waals surface area contributed by atoms with Crippen molar-refractivity contribution >= 4 is 15.9 Å². The molecule has 1 aromatic rings. The lowest BCUT2D eigenvalue weighted by molar-refractivity contribution is 0.198. The van der Waals surface area contributed by atoms with Gasteiger partial charge >= 0.3 is 0 Å². The van der Waals surface area contributed by atoms with Gasteiger partial charge in [0.25, 0.3) is 0 Å². The molecule has 2 nitrogen and oxygen atoms in total. The molecule has 0 aliphatic carbocycles. The number of aliphatic hydroxyl groups is 1. The fourth-order valence-corrected chi connectivity index (χ4v) is 2.50. The third-order valence-corrected chi connectivity index (χ3v) is 3.05. The summed E-state index contributed by atoms with van der Waals surface area (Å²) in [5.74, 6) is 1.22. The fourth-order valence-electron chi connectivity index (χ4n) is 1.58.